The number of benzene rings is 1. The van der Waals surface area contributed by atoms with E-state index in [2.05, 4.69) is 22.3 Å². The number of ether oxygens (including phenoxy) is 2. The van der Waals surface area contributed by atoms with Gasteiger partial charge in [0.25, 0.3) is 0 Å². The van der Waals surface area contributed by atoms with Crippen molar-refractivity contribution < 1.29 is 9.47 Å². The third-order valence-corrected chi connectivity index (χ3v) is 5.39. The van der Waals surface area contributed by atoms with E-state index in [1.807, 2.05) is 6.07 Å². The molecule has 3 aliphatic rings. The number of nitrogens with zero attached hydrogens (tertiary/aromatic N) is 1. The molecule has 4 rings (SSSR count). The van der Waals surface area contributed by atoms with Crippen LogP contribution in [0.4, 0.5) is 0 Å². The highest BCUT2D eigenvalue weighted by Crippen LogP contribution is 2.46. The van der Waals surface area contributed by atoms with Crippen LogP contribution in [0.3, 0.4) is 0 Å². The fraction of sp³-hybridized carbons (Fsp3) is 0.667. The number of rotatable bonds is 3. The first-order valence-corrected chi connectivity index (χ1v) is 8.77. The maximum atomic E-state index is 5.83. The molecule has 0 aromatic heterocycles. The molecule has 1 aliphatic carbocycles. The van der Waals surface area contributed by atoms with E-state index in [0.717, 1.165) is 43.6 Å². The summed E-state index contributed by atoms with van der Waals surface area (Å²) in [7, 11) is 0. The van der Waals surface area contributed by atoms with Crippen LogP contribution in [0.1, 0.15) is 43.7 Å². The highest BCUT2D eigenvalue weighted by atomic mass is 16.7. The van der Waals surface area contributed by atoms with Crippen LogP contribution in [-0.4, -0.2) is 37.9 Å². The number of hydrogen-bond acceptors (Lipinski definition) is 4. The lowest BCUT2D eigenvalue weighted by Crippen LogP contribution is -2.47. The average Bonchev–Trinajstić information content (AvgIpc) is 3.07. The maximum absolute atomic E-state index is 5.83. The van der Waals surface area contributed by atoms with Crippen LogP contribution in [0, 0.1) is 5.92 Å². The van der Waals surface area contributed by atoms with Gasteiger partial charge in [-0.25, -0.2) is 0 Å². The summed E-state index contributed by atoms with van der Waals surface area (Å²) in [6.07, 6.45) is 6.84. The zero-order chi connectivity index (χ0) is 14.8. The van der Waals surface area contributed by atoms with Gasteiger partial charge in [-0.2, -0.15) is 0 Å². The van der Waals surface area contributed by atoms with Gasteiger partial charge >= 0.3 is 0 Å². The minimum absolute atomic E-state index is 0.366. The molecule has 4 heteroatoms. The second kappa shape index (κ2) is 6.47. The summed E-state index contributed by atoms with van der Waals surface area (Å²) < 4.78 is 11.4. The van der Waals surface area contributed by atoms with E-state index in [1.165, 1.54) is 37.7 Å². The third-order valence-electron chi connectivity index (χ3n) is 5.39. The van der Waals surface area contributed by atoms with Gasteiger partial charge in [0.1, 0.15) is 0 Å². The molecule has 2 fully saturated rings. The van der Waals surface area contributed by atoms with Crippen LogP contribution < -0.4 is 14.8 Å². The topological polar surface area (TPSA) is 33.7 Å². The molecule has 0 spiro atoms. The van der Waals surface area contributed by atoms with Gasteiger partial charge in [0.15, 0.2) is 11.5 Å². The van der Waals surface area contributed by atoms with Gasteiger partial charge in [0, 0.05) is 37.8 Å². The van der Waals surface area contributed by atoms with Crippen LogP contribution in [0.25, 0.3) is 0 Å². The Bertz CT molecular complexity index is 490. The minimum Gasteiger partial charge on any atom is -0.454 e. The van der Waals surface area contributed by atoms with Crippen molar-refractivity contribution in [3.8, 4) is 11.5 Å². The molecule has 22 heavy (non-hydrogen) atoms. The Hall–Kier alpha value is -1.26. The number of nitrogens with one attached hydrogen (secondary N) is 1. The van der Waals surface area contributed by atoms with Crippen molar-refractivity contribution in [2.75, 3.05) is 33.0 Å². The highest BCUT2D eigenvalue weighted by molar-refractivity contribution is 5.49. The summed E-state index contributed by atoms with van der Waals surface area (Å²) in [5, 5.41) is 3.48. The maximum Gasteiger partial charge on any atom is 0.231 e. The molecule has 0 unspecified atom stereocenters. The van der Waals surface area contributed by atoms with Crippen molar-refractivity contribution in [1.29, 1.82) is 0 Å². The monoisotopic (exact) mass is 302 g/mol. The smallest absolute Gasteiger partial charge is 0.231 e. The van der Waals surface area contributed by atoms with Gasteiger partial charge < -0.3 is 14.8 Å². The van der Waals surface area contributed by atoms with Gasteiger partial charge in [-0.3, -0.25) is 4.90 Å². The van der Waals surface area contributed by atoms with Gasteiger partial charge in [0.05, 0.1) is 0 Å². The molecular formula is C18H26N2O2. The van der Waals surface area contributed by atoms with Gasteiger partial charge in [0.2, 0.25) is 6.79 Å². The summed E-state index contributed by atoms with van der Waals surface area (Å²) in [6, 6.07) is 6.90. The summed E-state index contributed by atoms with van der Waals surface area (Å²) in [4.78, 5) is 2.67. The molecule has 0 bridgehead atoms. The van der Waals surface area contributed by atoms with Crippen LogP contribution in [-0.2, 0) is 0 Å². The first-order valence-electron chi connectivity index (χ1n) is 8.77. The standard InChI is InChI=1S/C18H26N2O2/c1-2-5-14(6-3-1)17(20-11-9-19-10-12-20)15-7-4-8-16-18(15)22-13-21-16/h4,7-8,14,17,19H,1-3,5-6,9-13H2/t17-/m0/s1. The summed E-state index contributed by atoms with van der Waals surface area (Å²) in [5.41, 5.74) is 1.35. The lowest BCUT2D eigenvalue weighted by atomic mass is 9.80. The van der Waals surface area contributed by atoms with E-state index in [-0.39, 0.29) is 0 Å². The highest BCUT2D eigenvalue weighted by Gasteiger charge is 2.34. The Morgan fingerprint density at radius 3 is 2.68 bits per heavy atom. The normalized spacial score (nSPS) is 24.4. The first kappa shape index (κ1) is 14.3. The predicted molar refractivity (Wildman–Crippen MR) is 86.3 cm³/mol. The van der Waals surface area contributed by atoms with Crippen molar-refractivity contribution in [1.82, 2.24) is 10.2 Å². The Kier molecular flexibility index (Phi) is 4.22. The summed E-state index contributed by atoms with van der Waals surface area (Å²) in [5.74, 6) is 2.67. The molecule has 0 amide bonds. The molecule has 2 aliphatic heterocycles. The second-order valence-electron chi connectivity index (χ2n) is 6.71. The first-order chi connectivity index (χ1) is 10.9. The molecule has 1 atom stereocenters. The second-order valence-corrected chi connectivity index (χ2v) is 6.71. The molecular weight excluding hydrogens is 276 g/mol. The summed E-state index contributed by atoms with van der Waals surface area (Å²) in [6.45, 7) is 4.81. The Morgan fingerprint density at radius 2 is 1.86 bits per heavy atom. The lowest BCUT2D eigenvalue weighted by molar-refractivity contribution is 0.0997. The molecule has 1 saturated carbocycles. The van der Waals surface area contributed by atoms with E-state index in [0.29, 0.717) is 12.8 Å². The number of piperazine rings is 1. The van der Waals surface area contributed by atoms with Crippen molar-refractivity contribution >= 4 is 0 Å². The van der Waals surface area contributed by atoms with Gasteiger partial charge in [-0.1, -0.05) is 31.4 Å². The number of para-hydroxylation sites is 1. The SMILES string of the molecule is c1cc2c(c([C@H](C3CCCCC3)N3CCNCC3)c1)OCO2. The van der Waals surface area contributed by atoms with Crippen LogP contribution in [0.15, 0.2) is 18.2 Å². The lowest BCUT2D eigenvalue weighted by Gasteiger charge is -2.41. The molecule has 1 N–H and O–H groups in total. The van der Waals surface area contributed by atoms with Crippen LogP contribution in [0.2, 0.25) is 0 Å². The zero-order valence-electron chi connectivity index (χ0n) is 13.2. The van der Waals surface area contributed by atoms with Crippen molar-refractivity contribution in [2.45, 2.75) is 38.1 Å². The molecule has 4 nitrogen and oxygen atoms in total. The molecule has 2 heterocycles. The number of hydrogen-bond donors (Lipinski definition) is 1. The molecule has 1 aromatic carbocycles. The van der Waals surface area contributed by atoms with Crippen LogP contribution in [0.5, 0.6) is 11.5 Å². The molecule has 0 radical (unpaired) electrons. The van der Waals surface area contributed by atoms with E-state index in [4.69, 9.17) is 9.47 Å². The van der Waals surface area contributed by atoms with Gasteiger partial charge in [-0.05, 0) is 24.8 Å². The van der Waals surface area contributed by atoms with Crippen molar-refractivity contribution in [3.05, 3.63) is 23.8 Å². The van der Waals surface area contributed by atoms with E-state index >= 15 is 0 Å². The predicted octanol–water partition coefficient (Wildman–Crippen LogP) is 2.94. The average molecular weight is 302 g/mol. The quantitative estimate of drug-likeness (QED) is 0.931. The van der Waals surface area contributed by atoms with E-state index in [9.17, 15) is 0 Å². The molecule has 1 saturated heterocycles. The summed E-state index contributed by atoms with van der Waals surface area (Å²) >= 11 is 0. The Balaban J connectivity index is 1.68. The van der Waals surface area contributed by atoms with Crippen LogP contribution >= 0.6 is 0 Å². The van der Waals surface area contributed by atoms with E-state index < -0.39 is 0 Å². The third kappa shape index (κ3) is 2.70. The van der Waals surface area contributed by atoms with Gasteiger partial charge in [-0.15, -0.1) is 0 Å². The largest absolute Gasteiger partial charge is 0.454 e. The molecule has 120 valence electrons. The minimum atomic E-state index is 0.366. The molecule has 1 aromatic rings. The fourth-order valence-corrected chi connectivity index (χ4v) is 4.34. The van der Waals surface area contributed by atoms with Crippen molar-refractivity contribution in [2.24, 2.45) is 5.92 Å². The van der Waals surface area contributed by atoms with Crippen molar-refractivity contribution in [3.63, 3.8) is 0 Å². The number of fused-ring (bicyclic) bond motifs is 1. The fourth-order valence-electron chi connectivity index (χ4n) is 4.34. The zero-order valence-corrected chi connectivity index (χ0v) is 13.2. The Morgan fingerprint density at radius 1 is 1.05 bits per heavy atom. The Labute approximate surface area is 132 Å². The van der Waals surface area contributed by atoms with E-state index in [1.54, 1.807) is 0 Å².